The summed E-state index contributed by atoms with van der Waals surface area (Å²) in [7, 11) is 0. The second kappa shape index (κ2) is 8.51. The molecule has 2 heterocycles. The number of amides is 1. The fraction of sp³-hybridized carbons (Fsp3) is 0.929. The summed E-state index contributed by atoms with van der Waals surface area (Å²) in [6.45, 7) is 15.6. The number of nitrogens with zero attached hydrogens (tertiary/aromatic N) is 2. The molecule has 1 amide bonds. The van der Waals surface area contributed by atoms with Crippen LogP contribution in [0.1, 0.15) is 54.4 Å². The van der Waals surface area contributed by atoms with Gasteiger partial charge in [0.1, 0.15) is 0 Å². The van der Waals surface area contributed by atoms with Crippen LogP contribution in [0.4, 0.5) is 0 Å². The van der Waals surface area contributed by atoms with Crippen molar-refractivity contribution < 1.29 is 4.79 Å². The molecule has 0 saturated carbocycles. The predicted molar refractivity (Wildman–Crippen MR) is 74.1 cm³/mol. The minimum atomic E-state index is 0.369. The zero-order chi connectivity index (χ0) is 13.4. The van der Waals surface area contributed by atoms with Gasteiger partial charge in [0.25, 0.3) is 0 Å². The molecule has 2 aliphatic rings. The summed E-state index contributed by atoms with van der Waals surface area (Å²) in [6, 6.07) is 1.16. The molecule has 0 spiro atoms. The lowest BCUT2D eigenvalue weighted by molar-refractivity contribution is -0.133. The van der Waals surface area contributed by atoms with E-state index in [-0.39, 0.29) is 0 Å². The first kappa shape index (κ1) is 16.4. The number of rotatable bonds is 2. The summed E-state index contributed by atoms with van der Waals surface area (Å²) in [5.41, 5.74) is 0. The molecular weight excluding hydrogens is 212 g/mol. The molecule has 2 saturated heterocycles. The predicted octanol–water partition coefficient (Wildman–Crippen LogP) is 2.75. The maximum atomic E-state index is 11.4. The topological polar surface area (TPSA) is 23.6 Å². The molecule has 3 heteroatoms. The average molecular weight is 242 g/mol. The lowest BCUT2D eigenvalue weighted by Crippen LogP contribution is -2.61. The maximum Gasteiger partial charge on any atom is 0.222 e. The van der Waals surface area contributed by atoms with Gasteiger partial charge in [0.15, 0.2) is 0 Å². The molecule has 0 aromatic rings. The number of carbonyl (C=O) groups excluding carboxylic acids is 1. The van der Waals surface area contributed by atoms with Crippen LogP contribution in [0.2, 0.25) is 0 Å². The van der Waals surface area contributed by atoms with Crippen molar-refractivity contribution in [2.45, 2.75) is 66.5 Å². The summed E-state index contributed by atoms with van der Waals surface area (Å²) >= 11 is 0. The molecule has 102 valence electrons. The minimum absolute atomic E-state index is 0.369. The lowest BCUT2D eigenvalue weighted by Gasteiger charge is -2.46. The highest BCUT2D eigenvalue weighted by molar-refractivity contribution is 5.78. The van der Waals surface area contributed by atoms with Crippen molar-refractivity contribution >= 4 is 5.91 Å². The van der Waals surface area contributed by atoms with E-state index in [1.807, 2.05) is 27.7 Å². The van der Waals surface area contributed by atoms with Crippen molar-refractivity contribution in [2.75, 3.05) is 19.6 Å². The zero-order valence-corrected chi connectivity index (χ0v) is 12.5. The van der Waals surface area contributed by atoms with Gasteiger partial charge in [0, 0.05) is 32.1 Å². The monoisotopic (exact) mass is 242 g/mol. The van der Waals surface area contributed by atoms with Crippen LogP contribution in [0.5, 0.6) is 0 Å². The van der Waals surface area contributed by atoms with E-state index in [1.165, 1.54) is 0 Å². The Hall–Kier alpha value is -0.570. The van der Waals surface area contributed by atoms with Gasteiger partial charge in [-0.15, -0.1) is 0 Å². The van der Waals surface area contributed by atoms with Crippen LogP contribution in [-0.2, 0) is 4.79 Å². The van der Waals surface area contributed by atoms with Crippen molar-refractivity contribution in [2.24, 2.45) is 0 Å². The largest absolute Gasteiger partial charge is 0.337 e. The second-order valence-corrected chi connectivity index (χ2v) is 4.39. The van der Waals surface area contributed by atoms with Gasteiger partial charge < -0.3 is 4.90 Å². The molecular formula is C14H30N2O. The molecule has 0 atom stereocenters. The fourth-order valence-electron chi connectivity index (χ4n) is 2.16. The van der Waals surface area contributed by atoms with Gasteiger partial charge in [-0.25, -0.2) is 0 Å². The Balaban J connectivity index is 0.000000581. The third-order valence-corrected chi connectivity index (χ3v) is 3.17. The fourth-order valence-corrected chi connectivity index (χ4v) is 2.16. The lowest BCUT2D eigenvalue weighted by atomic mass is 10.1. The highest BCUT2D eigenvalue weighted by Crippen LogP contribution is 2.22. The van der Waals surface area contributed by atoms with Crippen LogP contribution in [0.3, 0.4) is 0 Å². The van der Waals surface area contributed by atoms with Crippen LogP contribution in [0.25, 0.3) is 0 Å². The van der Waals surface area contributed by atoms with Crippen molar-refractivity contribution in [3.8, 4) is 0 Å². The van der Waals surface area contributed by atoms with Gasteiger partial charge in [-0.3, -0.25) is 9.69 Å². The maximum absolute atomic E-state index is 11.4. The first-order valence-corrected chi connectivity index (χ1v) is 7.22. The molecule has 2 fully saturated rings. The molecule has 0 aromatic heterocycles. The van der Waals surface area contributed by atoms with Gasteiger partial charge in [0.05, 0.1) is 6.04 Å². The first-order chi connectivity index (χ1) is 8.18. The molecule has 0 radical (unpaired) electrons. The van der Waals surface area contributed by atoms with Crippen molar-refractivity contribution in [1.82, 2.24) is 9.80 Å². The van der Waals surface area contributed by atoms with E-state index in [1.54, 1.807) is 0 Å². The van der Waals surface area contributed by atoms with Crippen LogP contribution < -0.4 is 0 Å². The van der Waals surface area contributed by atoms with E-state index in [0.717, 1.165) is 32.5 Å². The molecule has 2 rings (SSSR count). The highest BCUT2D eigenvalue weighted by atomic mass is 16.2. The first-order valence-electron chi connectivity index (χ1n) is 7.22. The number of hydrogen-bond acceptors (Lipinski definition) is 2. The van der Waals surface area contributed by atoms with E-state index in [0.29, 0.717) is 18.0 Å². The number of likely N-dealkylation sites (tertiary alicyclic amines) is 2. The summed E-state index contributed by atoms with van der Waals surface area (Å²) in [6.07, 6.45) is 1.84. The Bertz CT molecular complexity index is 210. The molecule has 3 nitrogen and oxygen atoms in total. The summed E-state index contributed by atoms with van der Waals surface area (Å²) < 4.78 is 0. The minimum Gasteiger partial charge on any atom is -0.337 e. The molecule has 0 aliphatic carbocycles. The van der Waals surface area contributed by atoms with Crippen molar-refractivity contribution in [3.63, 3.8) is 0 Å². The molecule has 2 aliphatic heterocycles. The Morgan fingerprint density at radius 2 is 1.65 bits per heavy atom. The third kappa shape index (κ3) is 4.30. The molecule has 0 unspecified atom stereocenters. The SMILES string of the molecule is CC.CC.CC(C)N1CC(N2CCCC2=O)C1. The normalized spacial score (nSPS) is 20.4. The standard InChI is InChI=1S/C10H18N2O.2C2H6/c1-8(2)11-6-9(7-11)12-5-3-4-10(12)13;2*1-2/h8-9H,3-7H2,1-2H3;2*1-2H3. The summed E-state index contributed by atoms with van der Waals surface area (Å²) in [5.74, 6) is 0.369. The molecule has 0 bridgehead atoms. The van der Waals surface area contributed by atoms with E-state index in [4.69, 9.17) is 0 Å². The zero-order valence-electron chi connectivity index (χ0n) is 12.5. The van der Waals surface area contributed by atoms with Gasteiger partial charge in [-0.1, -0.05) is 27.7 Å². The van der Waals surface area contributed by atoms with E-state index in [9.17, 15) is 4.79 Å². The van der Waals surface area contributed by atoms with Gasteiger partial charge in [-0.05, 0) is 20.3 Å². The third-order valence-electron chi connectivity index (χ3n) is 3.17. The summed E-state index contributed by atoms with van der Waals surface area (Å²) in [5, 5.41) is 0. The van der Waals surface area contributed by atoms with Crippen LogP contribution >= 0.6 is 0 Å². The average Bonchev–Trinajstić information content (AvgIpc) is 2.68. The van der Waals surface area contributed by atoms with Gasteiger partial charge in [-0.2, -0.15) is 0 Å². The van der Waals surface area contributed by atoms with E-state index >= 15 is 0 Å². The highest BCUT2D eigenvalue weighted by Gasteiger charge is 2.36. The van der Waals surface area contributed by atoms with Crippen molar-refractivity contribution in [1.29, 1.82) is 0 Å². The number of hydrogen-bond donors (Lipinski definition) is 0. The van der Waals surface area contributed by atoms with E-state index in [2.05, 4.69) is 23.6 Å². The summed E-state index contributed by atoms with van der Waals surface area (Å²) in [4.78, 5) is 15.9. The van der Waals surface area contributed by atoms with Crippen LogP contribution in [0, 0.1) is 0 Å². The molecule has 0 N–H and O–H groups in total. The second-order valence-electron chi connectivity index (χ2n) is 4.39. The number of carbonyl (C=O) groups is 1. The van der Waals surface area contributed by atoms with E-state index < -0.39 is 0 Å². The Morgan fingerprint density at radius 1 is 1.12 bits per heavy atom. The van der Waals surface area contributed by atoms with Crippen LogP contribution in [-0.4, -0.2) is 47.4 Å². The van der Waals surface area contributed by atoms with Crippen molar-refractivity contribution in [3.05, 3.63) is 0 Å². The Kier molecular flexibility index (Phi) is 8.23. The quantitative estimate of drug-likeness (QED) is 0.743. The Labute approximate surface area is 107 Å². The van der Waals surface area contributed by atoms with Gasteiger partial charge in [0.2, 0.25) is 5.91 Å². The smallest absolute Gasteiger partial charge is 0.222 e. The molecule has 0 aromatic carbocycles. The van der Waals surface area contributed by atoms with Gasteiger partial charge >= 0.3 is 0 Å². The Morgan fingerprint density at radius 3 is 2.00 bits per heavy atom. The van der Waals surface area contributed by atoms with Crippen LogP contribution in [0.15, 0.2) is 0 Å². The molecule has 17 heavy (non-hydrogen) atoms.